The molecule has 6 heteroatoms. The molecule has 1 aliphatic rings. The van der Waals surface area contributed by atoms with Crippen molar-refractivity contribution >= 4 is 11.7 Å². The van der Waals surface area contributed by atoms with Crippen LogP contribution in [0.4, 0.5) is 10.2 Å². The normalized spacial score (nSPS) is 17.1. The number of nitrogens with one attached hydrogen (secondary N) is 1. The first-order valence-corrected chi connectivity index (χ1v) is 11.3. The Morgan fingerprint density at radius 3 is 2.84 bits per heavy atom. The van der Waals surface area contributed by atoms with Crippen molar-refractivity contribution in [3.63, 3.8) is 0 Å². The molecule has 1 saturated heterocycles. The minimum atomic E-state index is -0.312. The van der Waals surface area contributed by atoms with Crippen LogP contribution >= 0.6 is 0 Å². The fourth-order valence-corrected chi connectivity index (χ4v) is 4.15. The number of piperidine rings is 1. The third-order valence-corrected chi connectivity index (χ3v) is 5.94. The van der Waals surface area contributed by atoms with Gasteiger partial charge in [0.2, 0.25) is 5.91 Å². The Bertz CT molecular complexity index is 1040. The molecule has 3 aromatic rings. The van der Waals surface area contributed by atoms with Crippen LogP contribution in [-0.2, 0) is 11.2 Å². The van der Waals surface area contributed by atoms with Gasteiger partial charge < -0.3 is 10.2 Å². The molecule has 5 nitrogen and oxygen atoms in total. The maximum Gasteiger partial charge on any atom is 0.225 e. The van der Waals surface area contributed by atoms with Gasteiger partial charge in [0.15, 0.2) is 5.82 Å². The van der Waals surface area contributed by atoms with Gasteiger partial charge in [0.05, 0.1) is 5.92 Å². The third kappa shape index (κ3) is 5.69. The summed E-state index contributed by atoms with van der Waals surface area (Å²) in [5.41, 5.74) is 1.93. The SMILES string of the molecule is C[C@@H](CCc1ccccc1)NC(=O)[C@@H]1CCCN(c2ccnc(-c3cccc(F)c3)n2)C1. The number of rotatable bonds is 7. The molecular formula is C26H29FN4O. The predicted molar refractivity (Wildman–Crippen MR) is 125 cm³/mol. The lowest BCUT2D eigenvalue weighted by molar-refractivity contribution is -0.125. The molecule has 4 rings (SSSR count). The van der Waals surface area contributed by atoms with Crippen molar-refractivity contribution in [3.05, 3.63) is 78.2 Å². The van der Waals surface area contributed by atoms with E-state index in [0.29, 0.717) is 17.9 Å². The molecule has 1 aliphatic heterocycles. The molecule has 2 aromatic carbocycles. The van der Waals surface area contributed by atoms with Crippen LogP contribution in [0.2, 0.25) is 0 Å². The summed E-state index contributed by atoms with van der Waals surface area (Å²) in [5, 5.41) is 3.20. The zero-order valence-electron chi connectivity index (χ0n) is 18.4. The number of aromatic nitrogens is 2. The number of carbonyl (C=O) groups is 1. The Hall–Kier alpha value is -3.28. The quantitative estimate of drug-likeness (QED) is 0.591. The van der Waals surface area contributed by atoms with E-state index in [1.165, 1.54) is 17.7 Å². The summed E-state index contributed by atoms with van der Waals surface area (Å²) in [6, 6.07) is 18.6. The summed E-state index contributed by atoms with van der Waals surface area (Å²) in [6.07, 6.45) is 5.35. The second kappa shape index (κ2) is 10.4. The van der Waals surface area contributed by atoms with Gasteiger partial charge in [0, 0.05) is 30.9 Å². The number of benzene rings is 2. The molecule has 0 aliphatic carbocycles. The van der Waals surface area contributed by atoms with E-state index in [1.54, 1.807) is 18.3 Å². The summed E-state index contributed by atoms with van der Waals surface area (Å²) < 4.78 is 13.6. The van der Waals surface area contributed by atoms with E-state index in [1.807, 2.05) is 24.3 Å². The number of amides is 1. The Kier molecular flexibility index (Phi) is 7.10. The van der Waals surface area contributed by atoms with Crippen LogP contribution in [-0.4, -0.2) is 35.0 Å². The number of anilines is 1. The molecule has 2 heterocycles. The highest BCUT2D eigenvalue weighted by Gasteiger charge is 2.27. The predicted octanol–water partition coefficient (Wildman–Crippen LogP) is 4.64. The number of halogens is 1. The van der Waals surface area contributed by atoms with Gasteiger partial charge in [-0.2, -0.15) is 0 Å². The molecule has 1 fully saturated rings. The van der Waals surface area contributed by atoms with Crippen LogP contribution in [0.15, 0.2) is 66.9 Å². The lowest BCUT2D eigenvalue weighted by atomic mass is 9.96. The average molecular weight is 433 g/mol. The molecule has 0 saturated carbocycles. The van der Waals surface area contributed by atoms with Crippen molar-refractivity contribution in [3.8, 4) is 11.4 Å². The van der Waals surface area contributed by atoms with E-state index >= 15 is 0 Å². The van der Waals surface area contributed by atoms with Gasteiger partial charge in [-0.05, 0) is 56.4 Å². The van der Waals surface area contributed by atoms with Crippen LogP contribution in [0.25, 0.3) is 11.4 Å². The first kappa shape index (κ1) is 21.9. The second-order valence-electron chi connectivity index (χ2n) is 8.47. The number of hydrogen-bond donors (Lipinski definition) is 1. The fourth-order valence-electron chi connectivity index (χ4n) is 4.15. The molecule has 0 spiro atoms. The van der Waals surface area contributed by atoms with Crippen LogP contribution in [0.3, 0.4) is 0 Å². The minimum absolute atomic E-state index is 0.0736. The van der Waals surface area contributed by atoms with E-state index in [-0.39, 0.29) is 23.7 Å². The molecule has 1 N–H and O–H groups in total. The van der Waals surface area contributed by atoms with E-state index < -0.39 is 0 Å². The van der Waals surface area contributed by atoms with Gasteiger partial charge in [0.1, 0.15) is 11.6 Å². The van der Waals surface area contributed by atoms with E-state index in [2.05, 4.69) is 39.2 Å². The van der Waals surface area contributed by atoms with Crippen LogP contribution in [0, 0.1) is 11.7 Å². The Labute approximate surface area is 188 Å². The summed E-state index contributed by atoms with van der Waals surface area (Å²) in [6.45, 7) is 3.53. The Balaban J connectivity index is 1.36. The highest BCUT2D eigenvalue weighted by Crippen LogP contribution is 2.24. The molecule has 32 heavy (non-hydrogen) atoms. The molecule has 0 unspecified atom stereocenters. The second-order valence-corrected chi connectivity index (χ2v) is 8.47. The van der Waals surface area contributed by atoms with Crippen molar-refractivity contribution in [2.24, 2.45) is 5.92 Å². The molecule has 0 bridgehead atoms. The van der Waals surface area contributed by atoms with Gasteiger partial charge in [0.25, 0.3) is 0 Å². The van der Waals surface area contributed by atoms with Crippen LogP contribution in [0.5, 0.6) is 0 Å². The maximum atomic E-state index is 13.6. The smallest absolute Gasteiger partial charge is 0.225 e. The largest absolute Gasteiger partial charge is 0.356 e. The standard InChI is InChI=1S/C26H29FN4O/c1-19(12-13-20-7-3-2-4-8-20)29-26(32)22-10-6-16-31(18-22)24-14-15-28-25(30-24)21-9-5-11-23(27)17-21/h2-5,7-9,11,14-15,17,19,22H,6,10,12-13,16,18H2,1H3,(H,29,32)/t19-,22+/m0/s1. The first-order chi connectivity index (χ1) is 15.6. The van der Waals surface area contributed by atoms with Gasteiger partial charge in [-0.1, -0.05) is 42.5 Å². The summed E-state index contributed by atoms with van der Waals surface area (Å²) in [5.74, 6) is 0.981. The monoisotopic (exact) mass is 432 g/mol. The number of nitrogens with zero attached hydrogens (tertiary/aromatic N) is 3. The van der Waals surface area contributed by atoms with Gasteiger partial charge >= 0.3 is 0 Å². The topological polar surface area (TPSA) is 58.1 Å². The van der Waals surface area contributed by atoms with Crippen molar-refractivity contribution in [1.29, 1.82) is 0 Å². The van der Waals surface area contributed by atoms with Gasteiger partial charge in [-0.15, -0.1) is 0 Å². The molecule has 2 atom stereocenters. The third-order valence-electron chi connectivity index (χ3n) is 5.94. The van der Waals surface area contributed by atoms with Gasteiger partial charge in [-0.3, -0.25) is 4.79 Å². The van der Waals surface area contributed by atoms with Crippen molar-refractivity contribution < 1.29 is 9.18 Å². The molecule has 1 amide bonds. The lowest BCUT2D eigenvalue weighted by Gasteiger charge is -2.33. The van der Waals surface area contributed by atoms with Crippen molar-refractivity contribution in [2.45, 2.75) is 38.6 Å². The highest BCUT2D eigenvalue weighted by atomic mass is 19.1. The fraction of sp³-hybridized carbons (Fsp3) is 0.346. The molecule has 1 aromatic heterocycles. The number of hydrogen-bond acceptors (Lipinski definition) is 4. The van der Waals surface area contributed by atoms with Gasteiger partial charge in [-0.25, -0.2) is 14.4 Å². The number of carbonyl (C=O) groups excluding carboxylic acids is 1. The van der Waals surface area contributed by atoms with E-state index in [9.17, 15) is 9.18 Å². The Morgan fingerprint density at radius 1 is 1.19 bits per heavy atom. The highest BCUT2D eigenvalue weighted by molar-refractivity contribution is 5.79. The van der Waals surface area contributed by atoms with Crippen LogP contribution < -0.4 is 10.2 Å². The minimum Gasteiger partial charge on any atom is -0.356 e. The van der Waals surface area contributed by atoms with E-state index in [4.69, 9.17) is 0 Å². The summed E-state index contributed by atoms with van der Waals surface area (Å²) in [4.78, 5) is 24.0. The van der Waals surface area contributed by atoms with Crippen LogP contribution in [0.1, 0.15) is 31.7 Å². The zero-order valence-corrected chi connectivity index (χ0v) is 18.4. The number of aryl methyl sites for hydroxylation is 1. The summed E-state index contributed by atoms with van der Waals surface area (Å²) >= 11 is 0. The molecular weight excluding hydrogens is 403 g/mol. The average Bonchev–Trinajstić information content (AvgIpc) is 2.83. The molecule has 0 radical (unpaired) electrons. The lowest BCUT2D eigenvalue weighted by Crippen LogP contribution is -2.45. The summed E-state index contributed by atoms with van der Waals surface area (Å²) in [7, 11) is 0. The maximum absolute atomic E-state index is 13.6. The van der Waals surface area contributed by atoms with Crippen molar-refractivity contribution in [1.82, 2.24) is 15.3 Å². The zero-order chi connectivity index (χ0) is 22.3. The van der Waals surface area contributed by atoms with Crippen molar-refractivity contribution in [2.75, 3.05) is 18.0 Å². The Morgan fingerprint density at radius 2 is 2.03 bits per heavy atom. The first-order valence-electron chi connectivity index (χ1n) is 11.3. The molecule has 166 valence electrons. The van der Waals surface area contributed by atoms with E-state index in [0.717, 1.165) is 38.0 Å².